The Kier molecular flexibility index (Phi) is 7.49. The number of hydrogen-bond donors (Lipinski definition) is 2. The van der Waals surface area contributed by atoms with E-state index in [-0.39, 0.29) is 0 Å². The fourth-order valence-electron chi connectivity index (χ4n) is 0.612. The Hall–Kier alpha value is -0.0800. The van der Waals surface area contributed by atoms with Crippen LogP contribution in [-0.2, 0) is 0 Å². The first kappa shape index (κ1) is 16.4. The van der Waals surface area contributed by atoms with Crippen molar-refractivity contribution in [3.05, 3.63) is 0 Å². The van der Waals surface area contributed by atoms with Gasteiger partial charge in [-0.25, -0.2) is 0 Å². The molecule has 14 heavy (non-hydrogen) atoms. The molecule has 0 rings (SSSR count). The lowest BCUT2D eigenvalue weighted by Gasteiger charge is -2.21. The Morgan fingerprint density at radius 2 is 1.29 bits per heavy atom. The summed E-state index contributed by atoms with van der Waals surface area (Å²) in [5.74, 6) is 0.354. The minimum atomic E-state index is -0.500. The van der Waals surface area contributed by atoms with Crippen molar-refractivity contribution in [3.8, 4) is 0 Å². The van der Waals surface area contributed by atoms with Gasteiger partial charge in [0.15, 0.2) is 0 Å². The molecule has 0 aliphatic heterocycles. The molecule has 0 atom stereocenters. The highest BCUT2D eigenvalue weighted by molar-refractivity contribution is 4.68. The quantitative estimate of drug-likeness (QED) is 0.742. The highest BCUT2D eigenvalue weighted by Crippen LogP contribution is 2.13. The molecule has 2 heteroatoms. The molecule has 0 radical (unpaired) electrons. The van der Waals surface area contributed by atoms with Crippen LogP contribution in [0.1, 0.15) is 61.3 Å². The molecule has 0 heterocycles. The molecule has 0 aliphatic carbocycles. The molecular weight excluding hydrogens is 176 g/mol. The average Bonchev–Trinajstić information content (AvgIpc) is 1.82. The van der Waals surface area contributed by atoms with Crippen molar-refractivity contribution >= 4 is 0 Å². The number of aliphatic hydroxyl groups is 2. The summed E-state index contributed by atoms with van der Waals surface area (Å²) in [6.07, 6.45) is 1.95. The smallest absolute Gasteiger partial charge is 0.0614 e. The first-order chi connectivity index (χ1) is 6.00. The van der Waals surface area contributed by atoms with Gasteiger partial charge >= 0.3 is 0 Å². The predicted molar refractivity (Wildman–Crippen MR) is 62.3 cm³/mol. The summed E-state index contributed by atoms with van der Waals surface area (Å²) >= 11 is 0. The molecule has 0 bridgehead atoms. The van der Waals surface area contributed by atoms with Crippen molar-refractivity contribution in [2.24, 2.45) is 5.92 Å². The highest BCUT2D eigenvalue weighted by Gasteiger charge is 2.16. The van der Waals surface area contributed by atoms with E-state index in [4.69, 9.17) is 10.2 Å². The monoisotopic (exact) mass is 204 g/mol. The number of hydrogen-bond acceptors (Lipinski definition) is 2. The molecular formula is C12H28O2. The minimum absolute atomic E-state index is 0.354. The zero-order valence-corrected chi connectivity index (χ0v) is 10.9. The van der Waals surface area contributed by atoms with Gasteiger partial charge in [-0.1, -0.05) is 27.2 Å². The standard InChI is InChI=1S/2C6H14O/c1-5(2)6(3,4)7;1-4-5-6(2,3)7/h5,7H,1-4H3;7H,4-5H2,1-3H3. The lowest BCUT2D eigenvalue weighted by atomic mass is 9.95. The second kappa shape index (κ2) is 6.41. The first-order valence-corrected chi connectivity index (χ1v) is 5.45. The number of rotatable bonds is 3. The van der Waals surface area contributed by atoms with Gasteiger partial charge in [0.2, 0.25) is 0 Å². The van der Waals surface area contributed by atoms with Gasteiger partial charge in [-0.2, -0.15) is 0 Å². The van der Waals surface area contributed by atoms with Crippen molar-refractivity contribution < 1.29 is 10.2 Å². The largest absolute Gasteiger partial charge is 0.390 e. The van der Waals surface area contributed by atoms with Crippen LogP contribution in [0.25, 0.3) is 0 Å². The normalized spacial score (nSPS) is 12.4. The highest BCUT2D eigenvalue weighted by atomic mass is 16.3. The third-order valence-corrected chi connectivity index (χ3v) is 2.27. The Balaban J connectivity index is 0. The molecule has 0 amide bonds. The van der Waals surface area contributed by atoms with Gasteiger partial charge in [-0.15, -0.1) is 0 Å². The Morgan fingerprint density at radius 3 is 1.29 bits per heavy atom. The summed E-state index contributed by atoms with van der Waals surface area (Å²) in [7, 11) is 0. The van der Waals surface area contributed by atoms with E-state index in [0.717, 1.165) is 12.8 Å². The van der Waals surface area contributed by atoms with Gasteiger partial charge in [-0.3, -0.25) is 0 Å². The maximum absolute atomic E-state index is 9.09. The van der Waals surface area contributed by atoms with Gasteiger partial charge in [0.1, 0.15) is 0 Å². The summed E-state index contributed by atoms with van der Waals surface area (Å²) in [5, 5.41) is 18.1. The summed E-state index contributed by atoms with van der Waals surface area (Å²) < 4.78 is 0. The van der Waals surface area contributed by atoms with Gasteiger partial charge in [0, 0.05) is 0 Å². The van der Waals surface area contributed by atoms with Crippen molar-refractivity contribution in [2.45, 2.75) is 72.5 Å². The van der Waals surface area contributed by atoms with Crippen molar-refractivity contribution in [2.75, 3.05) is 0 Å². The molecule has 2 nitrogen and oxygen atoms in total. The third-order valence-electron chi connectivity index (χ3n) is 2.27. The van der Waals surface area contributed by atoms with E-state index < -0.39 is 11.2 Å². The fourth-order valence-corrected chi connectivity index (χ4v) is 0.612. The molecule has 0 unspecified atom stereocenters. The van der Waals surface area contributed by atoms with Crippen LogP contribution < -0.4 is 0 Å². The zero-order chi connectivity index (χ0) is 12.0. The van der Waals surface area contributed by atoms with Gasteiger partial charge in [0.05, 0.1) is 11.2 Å². The molecule has 0 aliphatic rings. The van der Waals surface area contributed by atoms with Gasteiger partial charge < -0.3 is 10.2 Å². The summed E-state index contributed by atoms with van der Waals surface area (Å²) in [5.41, 5.74) is -0.950. The van der Waals surface area contributed by atoms with Crippen LogP contribution in [0.3, 0.4) is 0 Å². The molecule has 2 N–H and O–H groups in total. The van der Waals surface area contributed by atoms with Crippen molar-refractivity contribution in [3.63, 3.8) is 0 Å². The van der Waals surface area contributed by atoms with E-state index in [2.05, 4.69) is 6.92 Å². The van der Waals surface area contributed by atoms with Crippen LogP contribution in [0.2, 0.25) is 0 Å². The van der Waals surface area contributed by atoms with E-state index >= 15 is 0 Å². The van der Waals surface area contributed by atoms with Crippen LogP contribution in [-0.4, -0.2) is 21.4 Å². The topological polar surface area (TPSA) is 40.5 Å². The van der Waals surface area contributed by atoms with E-state index in [1.54, 1.807) is 0 Å². The van der Waals surface area contributed by atoms with Crippen LogP contribution in [0, 0.1) is 5.92 Å². The second-order valence-corrected chi connectivity index (χ2v) is 5.37. The van der Waals surface area contributed by atoms with E-state index in [1.807, 2.05) is 41.5 Å². The second-order valence-electron chi connectivity index (χ2n) is 5.37. The summed E-state index contributed by atoms with van der Waals surface area (Å²) in [6, 6.07) is 0. The van der Waals surface area contributed by atoms with Crippen LogP contribution in [0.4, 0.5) is 0 Å². The zero-order valence-electron chi connectivity index (χ0n) is 10.9. The summed E-state index contributed by atoms with van der Waals surface area (Å²) in [6.45, 7) is 13.4. The first-order valence-electron chi connectivity index (χ1n) is 5.45. The molecule has 0 aromatic heterocycles. The predicted octanol–water partition coefficient (Wildman–Crippen LogP) is 2.97. The average molecular weight is 204 g/mol. The van der Waals surface area contributed by atoms with Crippen molar-refractivity contribution in [1.29, 1.82) is 0 Å². The molecule has 0 saturated heterocycles. The van der Waals surface area contributed by atoms with E-state index in [0.29, 0.717) is 5.92 Å². The van der Waals surface area contributed by atoms with Gasteiger partial charge in [0.25, 0.3) is 0 Å². The lowest BCUT2D eigenvalue weighted by molar-refractivity contribution is 0.0327. The molecule has 0 fully saturated rings. The maximum Gasteiger partial charge on any atom is 0.0614 e. The minimum Gasteiger partial charge on any atom is -0.390 e. The lowest BCUT2D eigenvalue weighted by Crippen LogP contribution is -2.25. The molecule has 0 aromatic rings. The summed E-state index contributed by atoms with van der Waals surface area (Å²) in [4.78, 5) is 0. The molecule has 0 saturated carbocycles. The van der Waals surface area contributed by atoms with Crippen LogP contribution in [0.5, 0.6) is 0 Å². The molecule has 88 valence electrons. The van der Waals surface area contributed by atoms with Crippen LogP contribution >= 0.6 is 0 Å². The van der Waals surface area contributed by atoms with Crippen LogP contribution in [0.15, 0.2) is 0 Å². The Labute approximate surface area is 89.3 Å². The fraction of sp³-hybridized carbons (Fsp3) is 1.00. The van der Waals surface area contributed by atoms with E-state index in [1.165, 1.54) is 0 Å². The van der Waals surface area contributed by atoms with Gasteiger partial charge in [-0.05, 0) is 40.0 Å². The molecule has 0 spiro atoms. The third kappa shape index (κ3) is 14.4. The Bertz CT molecular complexity index is 126. The maximum atomic E-state index is 9.09. The van der Waals surface area contributed by atoms with Crippen molar-refractivity contribution in [1.82, 2.24) is 0 Å². The molecule has 0 aromatic carbocycles. The SMILES string of the molecule is CC(C)C(C)(C)O.CCCC(C)(C)O. The van der Waals surface area contributed by atoms with E-state index in [9.17, 15) is 0 Å². The Morgan fingerprint density at radius 1 is 1.00 bits per heavy atom.